The topological polar surface area (TPSA) is 12.0 Å². The molecule has 1 N–H and O–H groups in total. The first-order valence-corrected chi connectivity index (χ1v) is 7.73. The van der Waals surface area contributed by atoms with Crippen LogP contribution in [0.2, 0.25) is 0 Å². The van der Waals surface area contributed by atoms with Gasteiger partial charge in [0.05, 0.1) is 5.56 Å². The number of hydrogen-bond donors (Lipinski definition) is 1. The van der Waals surface area contributed by atoms with Crippen LogP contribution in [0.1, 0.15) is 18.4 Å². The molecule has 1 aromatic carbocycles. The highest BCUT2D eigenvalue weighted by atomic mass is 79.9. The van der Waals surface area contributed by atoms with Crippen molar-refractivity contribution < 1.29 is 13.2 Å². The van der Waals surface area contributed by atoms with E-state index in [9.17, 15) is 13.2 Å². The Kier molecular flexibility index (Phi) is 6.35. The Balaban J connectivity index is 2.53. The van der Waals surface area contributed by atoms with Gasteiger partial charge in [-0.05, 0) is 59.0 Å². The van der Waals surface area contributed by atoms with Crippen molar-refractivity contribution in [3.8, 4) is 0 Å². The second-order valence-corrected chi connectivity index (χ2v) is 5.66. The number of rotatable bonds is 6. The highest BCUT2D eigenvalue weighted by Gasteiger charge is 2.30. The lowest BCUT2D eigenvalue weighted by atomic mass is 10.2. The molecule has 0 spiro atoms. The average Bonchev–Trinajstić information content (AvgIpc) is 2.29. The third kappa shape index (κ3) is 5.10. The summed E-state index contributed by atoms with van der Waals surface area (Å²) in [6.45, 7) is 0.768. The molecule has 1 rings (SSSR count). The lowest BCUT2D eigenvalue weighted by Gasteiger charge is -2.11. The minimum Gasteiger partial charge on any atom is -0.384 e. The monoisotopic (exact) mass is 341 g/mol. The highest BCUT2D eigenvalue weighted by molar-refractivity contribution is 9.10. The molecule has 1 aromatic rings. The number of halogens is 4. The number of thioether (sulfide) groups is 1. The van der Waals surface area contributed by atoms with E-state index in [2.05, 4.69) is 27.5 Å². The van der Waals surface area contributed by atoms with Gasteiger partial charge in [-0.2, -0.15) is 24.9 Å². The van der Waals surface area contributed by atoms with Gasteiger partial charge in [0.2, 0.25) is 0 Å². The molecule has 0 bridgehead atoms. The first kappa shape index (κ1) is 15.7. The maximum absolute atomic E-state index is 12.4. The van der Waals surface area contributed by atoms with Crippen LogP contribution in [-0.2, 0) is 6.18 Å². The molecule has 0 amide bonds. The lowest BCUT2D eigenvalue weighted by Crippen LogP contribution is -2.07. The fraction of sp³-hybridized carbons (Fsp3) is 0.500. The van der Waals surface area contributed by atoms with Gasteiger partial charge < -0.3 is 5.32 Å². The van der Waals surface area contributed by atoms with Crippen LogP contribution in [0, 0.1) is 0 Å². The summed E-state index contributed by atoms with van der Waals surface area (Å²) in [6, 6.07) is 3.65. The highest BCUT2D eigenvalue weighted by Crippen LogP contribution is 2.33. The van der Waals surface area contributed by atoms with Gasteiger partial charge in [0.1, 0.15) is 0 Å². The average molecular weight is 342 g/mol. The van der Waals surface area contributed by atoms with Gasteiger partial charge in [0.25, 0.3) is 0 Å². The molecule has 0 atom stereocenters. The molecule has 18 heavy (non-hydrogen) atoms. The standard InChI is InChI=1S/C12H15BrF3NS/c1-18-7-3-2-6-17-11-5-4-9(8-10(11)13)12(14,15)16/h4-5,8,17H,2-3,6-7H2,1H3. The number of anilines is 1. The van der Waals surface area contributed by atoms with Crippen molar-refractivity contribution in [3.05, 3.63) is 28.2 Å². The van der Waals surface area contributed by atoms with E-state index in [0.717, 1.165) is 37.3 Å². The fourth-order valence-electron chi connectivity index (χ4n) is 1.43. The van der Waals surface area contributed by atoms with E-state index in [4.69, 9.17) is 0 Å². The fourth-order valence-corrected chi connectivity index (χ4v) is 2.44. The van der Waals surface area contributed by atoms with Crippen molar-refractivity contribution in [3.63, 3.8) is 0 Å². The maximum Gasteiger partial charge on any atom is 0.416 e. The molecule has 0 heterocycles. The normalized spacial score (nSPS) is 11.6. The van der Waals surface area contributed by atoms with Crippen LogP contribution in [0.3, 0.4) is 0 Å². The quantitative estimate of drug-likeness (QED) is 0.729. The van der Waals surface area contributed by atoms with Crippen molar-refractivity contribution in [1.82, 2.24) is 0 Å². The Morgan fingerprint density at radius 1 is 1.28 bits per heavy atom. The van der Waals surface area contributed by atoms with Crippen LogP contribution in [0.4, 0.5) is 18.9 Å². The van der Waals surface area contributed by atoms with E-state index in [1.807, 2.05) is 0 Å². The van der Waals surface area contributed by atoms with Gasteiger partial charge in [0, 0.05) is 16.7 Å². The molecule has 0 unspecified atom stereocenters. The minimum absolute atomic E-state index is 0.446. The van der Waals surface area contributed by atoms with Gasteiger partial charge in [-0.15, -0.1) is 0 Å². The van der Waals surface area contributed by atoms with Crippen molar-refractivity contribution in [2.45, 2.75) is 19.0 Å². The summed E-state index contributed by atoms with van der Waals surface area (Å²) < 4.78 is 37.8. The molecule has 0 saturated heterocycles. The van der Waals surface area contributed by atoms with Gasteiger partial charge in [-0.25, -0.2) is 0 Å². The molecule has 1 nitrogen and oxygen atoms in total. The number of alkyl halides is 3. The minimum atomic E-state index is -4.29. The van der Waals surface area contributed by atoms with E-state index < -0.39 is 11.7 Å². The lowest BCUT2D eigenvalue weighted by molar-refractivity contribution is -0.137. The first-order valence-electron chi connectivity index (χ1n) is 5.54. The molecular weight excluding hydrogens is 327 g/mol. The van der Waals surface area contributed by atoms with Crippen molar-refractivity contribution in [2.24, 2.45) is 0 Å². The Hall–Kier alpha value is -0.360. The van der Waals surface area contributed by atoms with Crippen LogP contribution in [0.15, 0.2) is 22.7 Å². The molecule has 0 saturated carbocycles. The van der Waals surface area contributed by atoms with E-state index >= 15 is 0 Å². The maximum atomic E-state index is 12.4. The summed E-state index contributed by atoms with van der Waals surface area (Å²) in [7, 11) is 0. The van der Waals surface area contributed by atoms with Crippen molar-refractivity contribution in [1.29, 1.82) is 0 Å². The summed E-state index contributed by atoms with van der Waals surface area (Å²) in [5.74, 6) is 1.11. The predicted molar refractivity (Wildman–Crippen MR) is 75.2 cm³/mol. The molecule has 0 aliphatic rings. The van der Waals surface area contributed by atoms with E-state index in [1.165, 1.54) is 6.07 Å². The molecular formula is C12H15BrF3NS. The van der Waals surface area contributed by atoms with Crippen LogP contribution < -0.4 is 5.32 Å². The number of unbranched alkanes of at least 4 members (excludes halogenated alkanes) is 1. The Morgan fingerprint density at radius 3 is 2.56 bits per heavy atom. The zero-order chi connectivity index (χ0) is 13.6. The third-order valence-electron chi connectivity index (χ3n) is 2.39. The van der Waals surface area contributed by atoms with Crippen molar-refractivity contribution in [2.75, 3.05) is 23.9 Å². The smallest absolute Gasteiger partial charge is 0.384 e. The summed E-state index contributed by atoms with van der Waals surface area (Å²) in [4.78, 5) is 0. The molecule has 0 fully saturated rings. The van der Waals surface area contributed by atoms with E-state index in [-0.39, 0.29) is 0 Å². The molecule has 0 aliphatic heterocycles. The van der Waals surface area contributed by atoms with Crippen LogP contribution >= 0.6 is 27.7 Å². The van der Waals surface area contributed by atoms with E-state index in [1.54, 1.807) is 11.8 Å². The number of benzene rings is 1. The van der Waals surface area contributed by atoms with Gasteiger partial charge in [-0.3, -0.25) is 0 Å². The number of hydrogen-bond acceptors (Lipinski definition) is 2. The zero-order valence-electron chi connectivity index (χ0n) is 9.98. The second kappa shape index (κ2) is 7.28. The summed E-state index contributed by atoms with van der Waals surface area (Å²) in [6.07, 6.45) is -0.125. The van der Waals surface area contributed by atoms with Gasteiger partial charge >= 0.3 is 6.18 Å². The first-order chi connectivity index (χ1) is 8.45. The summed E-state index contributed by atoms with van der Waals surface area (Å²) in [5.41, 5.74) is 0.0643. The molecule has 0 aliphatic carbocycles. The summed E-state index contributed by atoms with van der Waals surface area (Å²) in [5, 5.41) is 3.13. The Morgan fingerprint density at radius 2 is 2.00 bits per heavy atom. The van der Waals surface area contributed by atoms with Crippen LogP contribution in [0.5, 0.6) is 0 Å². The second-order valence-electron chi connectivity index (χ2n) is 3.82. The summed E-state index contributed by atoms with van der Waals surface area (Å²) >= 11 is 4.95. The number of nitrogens with one attached hydrogen (secondary N) is 1. The molecule has 0 radical (unpaired) electrons. The third-order valence-corrected chi connectivity index (χ3v) is 3.74. The van der Waals surface area contributed by atoms with Gasteiger partial charge in [-0.1, -0.05) is 0 Å². The Labute approximate surface area is 118 Å². The Bertz CT molecular complexity index is 382. The molecule has 102 valence electrons. The SMILES string of the molecule is CSCCCCNc1ccc(C(F)(F)F)cc1Br. The molecule has 0 aromatic heterocycles. The van der Waals surface area contributed by atoms with Gasteiger partial charge in [0.15, 0.2) is 0 Å². The van der Waals surface area contributed by atoms with Crippen molar-refractivity contribution >= 4 is 33.4 Å². The van der Waals surface area contributed by atoms with Crippen LogP contribution in [0.25, 0.3) is 0 Å². The molecule has 6 heteroatoms. The largest absolute Gasteiger partial charge is 0.416 e. The zero-order valence-corrected chi connectivity index (χ0v) is 12.4. The predicted octanol–water partition coefficient (Wildman–Crippen LogP) is 5.02. The van der Waals surface area contributed by atoms with E-state index in [0.29, 0.717) is 10.2 Å². The van der Waals surface area contributed by atoms with Crippen LogP contribution in [-0.4, -0.2) is 18.6 Å².